The molecule has 17 heavy (non-hydrogen) atoms. The van der Waals surface area contributed by atoms with Crippen LogP contribution in [0.3, 0.4) is 0 Å². The number of aromatic nitrogens is 2. The Bertz CT molecular complexity index is 536. The van der Waals surface area contributed by atoms with Gasteiger partial charge in [0.05, 0.1) is 5.02 Å². The molecule has 0 radical (unpaired) electrons. The highest BCUT2D eigenvalue weighted by atomic mass is 35.5. The maximum absolute atomic E-state index is 12.8. The first-order valence-corrected chi connectivity index (χ1v) is 5.21. The molecule has 0 aliphatic rings. The molecule has 2 N–H and O–H groups in total. The fraction of sp³-hybridized carbons (Fsp3) is 0.0909. The average molecular weight is 254 g/mol. The standard InChI is InChI=1S/C11H9ClFN3O/c12-8-5-7(13)1-2-10(8)17-11-9(6-14)15-3-4-16-11/h1-5H,6,14H2. The molecule has 1 heterocycles. The van der Waals surface area contributed by atoms with E-state index < -0.39 is 5.82 Å². The minimum absolute atomic E-state index is 0.165. The summed E-state index contributed by atoms with van der Waals surface area (Å²) in [5.41, 5.74) is 6.00. The van der Waals surface area contributed by atoms with E-state index in [-0.39, 0.29) is 17.4 Å². The molecule has 0 atom stereocenters. The smallest absolute Gasteiger partial charge is 0.242 e. The minimum atomic E-state index is -0.430. The van der Waals surface area contributed by atoms with Crippen LogP contribution in [-0.4, -0.2) is 9.97 Å². The molecular weight excluding hydrogens is 245 g/mol. The van der Waals surface area contributed by atoms with Crippen molar-refractivity contribution in [3.8, 4) is 11.6 Å². The van der Waals surface area contributed by atoms with Crippen molar-refractivity contribution < 1.29 is 9.13 Å². The third-order valence-electron chi connectivity index (χ3n) is 2.03. The molecule has 0 saturated heterocycles. The first-order chi connectivity index (χ1) is 8.20. The third-order valence-corrected chi connectivity index (χ3v) is 2.32. The number of rotatable bonds is 3. The van der Waals surface area contributed by atoms with E-state index in [1.54, 1.807) is 0 Å². The fourth-order valence-corrected chi connectivity index (χ4v) is 1.45. The summed E-state index contributed by atoms with van der Waals surface area (Å²) < 4.78 is 18.3. The highest BCUT2D eigenvalue weighted by molar-refractivity contribution is 6.32. The fourth-order valence-electron chi connectivity index (χ4n) is 1.24. The molecule has 4 nitrogen and oxygen atoms in total. The molecule has 6 heteroatoms. The Morgan fingerprint density at radius 1 is 1.29 bits per heavy atom. The third kappa shape index (κ3) is 2.69. The molecule has 88 valence electrons. The number of hydrogen-bond acceptors (Lipinski definition) is 4. The summed E-state index contributed by atoms with van der Waals surface area (Å²) in [5, 5.41) is 0.165. The van der Waals surface area contributed by atoms with E-state index in [1.165, 1.54) is 24.5 Å². The molecule has 1 aromatic carbocycles. The molecule has 2 rings (SSSR count). The van der Waals surface area contributed by atoms with Gasteiger partial charge in [0.1, 0.15) is 17.3 Å². The van der Waals surface area contributed by atoms with Gasteiger partial charge < -0.3 is 10.5 Å². The summed E-state index contributed by atoms with van der Waals surface area (Å²) in [6.07, 6.45) is 2.99. The zero-order valence-corrected chi connectivity index (χ0v) is 9.49. The van der Waals surface area contributed by atoms with Gasteiger partial charge in [0.2, 0.25) is 5.88 Å². The Labute approximate surface area is 102 Å². The van der Waals surface area contributed by atoms with Gasteiger partial charge in [-0.15, -0.1) is 0 Å². The van der Waals surface area contributed by atoms with Gasteiger partial charge in [-0.3, -0.25) is 4.98 Å². The number of hydrogen-bond donors (Lipinski definition) is 1. The van der Waals surface area contributed by atoms with Crippen molar-refractivity contribution in [1.82, 2.24) is 9.97 Å². The molecule has 0 saturated carbocycles. The molecule has 0 fully saturated rings. The maximum Gasteiger partial charge on any atom is 0.242 e. The summed E-state index contributed by atoms with van der Waals surface area (Å²) in [4.78, 5) is 8.00. The first kappa shape index (κ1) is 11.8. The van der Waals surface area contributed by atoms with Crippen LogP contribution >= 0.6 is 11.6 Å². The van der Waals surface area contributed by atoms with Gasteiger partial charge in [0, 0.05) is 18.9 Å². The van der Waals surface area contributed by atoms with Crippen LogP contribution < -0.4 is 10.5 Å². The molecular formula is C11H9ClFN3O. The molecule has 0 unspecified atom stereocenters. The van der Waals surface area contributed by atoms with Crippen molar-refractivity contribution in [2.45, 2.75) is 6.54 Å². The van der Waals surface area contributed by atoms with Gasteiger partial charge in [-0.05, 0) is 18.2 Å². The summed E-state index contributed by atoms with van der Waals surface area (Å²) in [5.74, 6) is 0.146. The van der Waals surface area contributed by atoms with Crippen molar-refractivity contribution in [2.24, 2.45) is 5.73 Å². The number of nitrogens with zero attached hydrogens (tertiary/aromatic N) is 2. The van der Waals surface area contributed by atoms with Crippen molar-refractivity contribution >= 4 is 11.6 Å². The van der Waals surface area contributed by atoms with Crippen molar-refractivity contribution in [3.05, 3.63) is 47.1 Å². The Hall–Kier alpha value is -1.72. The van der Waals surface area contributed by atoms with Crippen LogP contribution in [0.15, 0.2) is 30.6 Å². The van der Waals surface area contributed by atoms with Crippen molar-refractivity contribution in [2.75, 3.05) is 0 Å². The van der Waals surface area contributed by atoms with E-state index in [9.17, 15) is 4.39 Å². The normalized spacial score (nSPS) is 10.3. The molecule has 0 aliphatic heterocycles. The lowest BCUT2D eigenvalue weighted by Crippen LogP contribution is -2.03. The predicted octanol–water partition coefficient (Wildman–Crippen LogP) is 2.52. The second-order valence-electron chi connectivity index (χ2n) is 3.19. The Morgan fingerprint density at radius 3 is 2.76 bits per heavy atom. The van der Waals surface area contributed by atoms with Gasteiger partial charge in [0.25, 0.3) is 0 Å². The van der Waals surface area contributed by atoms with Gasteiger partial charge in [0.15, 0.2) is 0 Å². The van der Waals surface area contributed by atoms with E-state index in [0.717, 1.165) is 6.07 Å². The lowest BCUT2D eigenvalue weighted by atomic mass is 10.3. The summed E-state index contributed by atoms with van der Waals surface area (Å²) in [6.45, 7) is 0.196. The van der Waals surface area contributed by atoms with Crippen LogP contribution in [0.5, 0.6) is 11.6 Å². The second kappa shape index (κ2) is 5.07. The zero-order valence-electron chi connectivity index (χ0n) is 8.73. The Balaban J connectivity index is 2.31. The largest absolute Gasteiger partial charge is 0.436 e. The lowest BCUT2D eigenvalue weighted by molar-refractivity contribution is 0.451. The molecule has 0 spiro atoms. The molecule has 1 aromatic heterocycles. The minimum Gasteiger partial charge on any atom is -0.436 e. The van der Waals surface area contributed by atoms with Gasteiger partial charge in [-0.1, -0.05) is 11.6 Å². The van der Waals surface area contributed by atoms with Gasteiger partial charge in [-0.25, -0.2) is 9.37 Å². The second-order valence-corrected chi connectivity index (χ2v) is 3.60. The lowest BCUT2D eigenvalue weighted by Gasteiger charge is -2.08. The summed E-state index contributed by atoms with van der Waals surface area (Å²) in [6, 6.07) is 3.84. The number of halogens is 2. The number of ether oxygens (including phenoxy) is 1. The average Bonchev–Trinajstić information content (AvgIpc) is 2.33. The van der Waals surface area contributed by atoms with Crippen LogP contribution in [0.25, 0.3) is 0 Å². The quantitative estimate of drug-likeness (QED) is 0.913. The van der Waals surface area contributed by atoms with Crippen molar-refractivity contribution in [3.63, 3.8) is 0 Å². The number of benzene rings is 1. The Morgan fingerprint density at radius 2 is 2.06 bits per heavy atom. The molecule has 2 aromatic rings. The van der Waals surface area contributed by atoms with Gasteiger partial charge >= 0.3 is 0 Å². The van der Waals surface area contributed by atoms with E-state index in [0.29, 0.717) is 11.4 Å². The van der Waals surface area contributed by atoms with E-state index in [2.05, 4.69) is 9.97 Å². The van der Waals surface area contributed by atoms with E-state index in [1.807, 2.05) is 0 Å². The van der Waals surface area contributed by atoms with Crippen LogP contribution in [-0.2, 0) is 6.54 Å². The molecule has 0 amide bonds. The maximum atomic E-state index is 12.8. The highest BCUT2D eigenvalue weighted by Crippen LogP contribution is 2.29. The predicted molar refractivity (Wildman–Crippen MR) is 61.4 cm³/mol. The summed E-state index contributed by atoms with van der Waals surface area (Å²) in [7, 11) is 0. The number of nitrogens with two attached hydrogens (primary N) is 1. The highest BCUT2D eigenvalue weighted by Gasteiger charge is 2.09. The monoisotopic (exact) mass is 253 g/mol. The van der Waals surface area contributed by atoms with E-state index in [4.69, 9.17) is 22.1 Å². The summed E-state index contributed by atoms with van der Waals surface area (Å²) >= 11 is 5.83. The SMILES string of the molecule is NCc1nccnc1Oc1ccc(F)cc1Cl. The zero-order chi connectivity index (χ0) is 12.3. The van der Waals surface area contributed by atoms with E-state index >= 15 is 0 Å². The van der Waals surface area contributed by atoms with Crippen LogP contribution in [0, 0.1) is 5.82 Å². The first-order valence-electron chi connectivity index (χ1n) is 4.83. The Kier molecular flexibility index (Phi) is 3.51. The molecule has 0 bridgehead atoms. The van der Waals surface area contributed by atoms with Crippen LogP contribution in [0.2, 0.25) is 5.02 Å². The molecule has 0 aliphatic carbocycles. The van der Waals surface area contributed by atoms with Gasteiger partial charge in [-0.2, -0.15) is 0 Å². The van der Waals surface area contributed by atoms with Crippen molar-refractivity contribution in [1.29, 1.82) is 0 Å². The van der Waals surface area contributed by atoms with Crippen LogP contribution in [0.4, 0.5) is 4.39 Å². The topological polar surface area (TPSA) is 61.0 Å². The van der Waals surface area contributed by atoms with Crippen LogP contribution in [0.1, 0.15) is 5.69 Å².